The molecule has 3 aromatic rings. The fourth-order valence-corrected chi connectivity index (χ4v) is 3.23. The van der Waals surface area contributed by atoms with Crippen molar-refractivity contribution >= 4 is 35.0 Å². The number of amides is 2. The van der Waals surface area contributed by atoms with Gasteiger partial charge in [-0.25, -0.2) is 22.0 Å². The number of nitrogens with one attached hydrogen (secondary N) is 2. The van der Waals surface area contributed by atoms with Crippen molar-refractivity contribution < 1.29 is 31.5 Å². The second kappa shape index (κ2) is 9.61. The zero-order chi connectivity index (χ0) is 22.5. The van der Waals surface area contributed by atoms with Gasteiger partial charge in [-0.05, 0) is 42.5 Å². The highest BCUT2D eigenvalue weighted by Crippen LogP contribution is 2.26. The van der Waals surface area contributed by atoms with Crippen LogP contribution in [0.2, 0.25) is 0 Å². The lowest BCUT2D eigenvalue weighted by atomic mass is 10.2. The highest BCUT2D eigenvalue weighted by atomic mass is 32.2. The zero-order valence-corrected chi connectivity index (χ0v) is 16.3. The Morgan fingerprint density at radius 1 is 0.806 bits per heavy atom. The van der Waals surface area contributed by atoms with E-state index in [1.807, 2.05) is 5.32 Å². The van der Waals surface area contributed by atoms with Crippen molar-refractivity contribution in [2.75, 3.05) is 16.4 Å². The topological polar surface area (TPSA) is 58.2 Å². The van der Waals surface area contributed by atoms with E-state index < -0.39 is 46.6 Å². The molecular formula is C21H13F5N2O2S. The Labute approximate surface area is 177 Å². The Morgan fingerprint density at radius 2 is 1.45 bits per heavy atom. The van der Waals surface area contributed by atoms with Crippen molar-refractivity contribution in [3.8, 4) is 0 Å². The number of hydrogen-bond acceptors (Lipinski definition) is 3. The van der Waals surface area contributed by atoms with Gasteiger partial charge in [0, 0.05) is 22.2 Å². The van der Waals surface area contributed by atoms with Crippen molar-refractivity contribution in [1.82, 2.24) is 0 Å². The molecule has 2 N–H and O–H groups in total. The van der Waals surface area contributed by atoms with Gasteiger partial charge in [0.15, 0.2) is 23.3 Å². The van der Waals surface area contributed by atoms with Crippen LogP contribution in [0.25, 0.3) is 0 Å². The van der Waals surface area contributed by atoms with Gasteiger partial charge in [-0.2, -0.15) is 0 Å². The third kappa shape index (κ3) is 5.60. The molecule has 0 heterocycles. The molecule has 0 aliphatic rings. The van der Waals surface area contributed by atoms with E-state index in [0.29, 0.717) is 10.6 Å². The van der Waals surface area contributed by atoms with Crippen LogP contribution in [0.1, 0.15) is 10.4 Å². The first-order valence-electron chi connectivity index (χ1n) is 8.67. The van der Waals surface area contributed by atoms with Crippen molar-refractivity contribution in [1.29, 1.82) is 0 Å². The van der Waals surface area contributed by atoms with Crippen molar-refractivity contribution in [3.05, 3.63) is 89.2 Å². The third-order valence-corrected chi connectivity index (χ3v) is 4.94. The molecule has 0 radical (unpaired) electrons. The van der Waals surface area contributed by atoms with E-state index in [4.69, 9.17) is 0 Å². The van der Waals surface area contributed by atoms with E-state index in [2.05, 4.69) is 5.32 Å². The number of carbonyl (C=O) groups is 2. The minimum Gasteiger partial charge on any atom is -0.322 e. The summed E-state index contributed by atoms with van der Waals surface area (Å²) < 4.78 is 66.7. The number of thioether (sulfide) groups is 1. The number of hydrogen-bond donors (Lipinski definition) is 2. The summed E-state index contributed by atoms with van der Waals surface area (Å²) in [5, 5.41) is 4.43. The first-order chi connectivity index (χ1) is 14.7. The molecule has 3 aromatic carbocycles. The lowest BCUT2D eigenvalue weighted by Crippen LogP contribution is -2.17. The average Bonchev–Trinajstić information content (AvgIpc) is 2.74. The quantitative estimate of drug-likeness (QED) is 0.301. The molecule has 0 bridgehead atoms. The van der Waals surface area contributed by atoms with Crippen molar-refractivity contribution in [2.24, 2.45) is 0 Å². The molecule has 0 fully saturated rings. The number of carbonyl (C=O) groups excluding carboxylic acids is 2. The van der Waals surface area contributed by atoms with Crippen LogP contribution in [0.4, 0.5) is 33.3 Å². The fourth-order valence-electron chi connectivity index (χ4n) is 2.48. The Bertz CT molecular complexity index is 1110. The largest absolute Gasteiger partial charge is 0.322 e. The molecule has 0 atom stereocenters. The van der Waals surface area contributed by atoms with Gasteiger partial charge in [0.25, 0.3) is 5.91 Å². The lowest BCUT2D eigenvalue weighted by molar-refractivity contribution is -0.113. The minimum absolute atomic E-state index is 0.0425. The van der Waals surface area contributed by atoms with Gasteiger partial charge in [0.05, 0.1) is 5.75 Å². The molecule has 4 nitrogen and oxygen atoms in total. The number of anilines is 2. The monoisotopic (exact) mass is 452 g/mol. The van der Waals surface area contributed by atoms with E-state index in [-0.39, 0.29) is 17.4 Å². The maximum atomic E-state index is 13.6. The van der Waals surface area contributed by atoms with Gasteiger partial charge < -0.3 is 10.6 Å². The van der Waals surface area contributed by atoms with E-state index in [1.54, 1.807) is 24.3 Å². The van der Waals surface area contributed by atoms with Gasteiger partial charge in [-0.1, -0.05) is 6.07 Å². The fraction of sp³-hybridized carbons (Fsp3) is 0.0476. The van der Waals surface area contributed by atoms with Gasteiger partial charge in [0.2, 0.25) is 5.91 Å². The molecule has 0 aromatic heterocycles. The van der Waals surface area contributed by atoms with Crippen LogP contribution in [0.5, 0.6) is 0 Å². The lowest BCUT2D eigenvalue weighted by Gasteiger charge is -2.10. The summed E-state index contributed by atoms with van der Waals surface area (Å²) in [6, 6.07) is 11.3. The molecule has 0 saturated heterocycles. The predicted molar refractivity (Wildman–Crippen MR) is 106 cm³/mol. The smallest absolute Gasteiger partial charge is 0.255 e. The molecule has 2 amide bonds. The average molecular weight is 452 g/mol. The molecule has 160 valence electrons. The minimum atomic E-state index is -1.71. The Kier molecular flexibility index (Phi) is 6.91. The molecule has 10 heteroatoms. The Morgan fingerprint density at radius 3 is 2.10 bits per heavy atom. The van der Waals surface area contributed by atoms with E-state index in [0.717, 1.165) is 23.9 Å². The first-order valence-corrected chi connectivity index (χ1v) is 9.66. The summed E-state index contributed by atoms with van der Waals surface area (Å²) in [5.74, 6) is -8.85. The van der Waals surface area contributed by atoms with Gasteiger partial charge >= 0.3 is 0 Å². The normalized spacial score (nSPS) is 10.6. The molecule has 0 spiro atoms. The zero-order valence-electron chi connectivity index (χ0n) is 15.5. The standard InChI is InChI=1S/C21H13F5N2O2S/c22-12-6-4-11(5-7-12)21(30)27-13-2-1-3-14(8-13)31-10-17(29)28-20-18(25)15(23)9-16(24)19(20)26/h1-9H,10H2,(H,27,30)(H,28,29). The molecule has 31 heavy (non-hydrogen) atoms. The second-order valence-corrected chi connectivity index (χ2v) is 7.22. The van der Waals surface area contributed by atoms with E-state index in [9.17, 15) is 31.5 Å². The number of rotatable bonds is 6. The van der Waals surface area contributed by atoms with Gasteiger partial charge in [-0.15, -0.1) is 11.8 Å². The summed E-state index contributed by atoms with van der Waals surface area (Å²) in [4.78, 5) is 24.7. The Balaban J connectivity index is 1.62. The summed E-state index contributed by atoms with van der Waals surface area (Å²) in [6.07, 6.45) is 0. The van der Waals surface area contributed by atoms with Crippen LogP contribution in [-0.4, -0.2) is 17.6 Å². The van der Waals surface area contributed by atoms with E-state index >= 15 is 0 Å². The molecule has 3 rings (SSSR count). The highest BCUT2D eigenvalue weighted by molar-refractivity contribution is 8.00. The number of benzene rings is 3. The second-order valence-electron chi connectivity index (χ2n) is 6.17. The van der Waals surface area contributed by atoms with Crippen molar-refractivity contribution in [2.45, 2.75) is 4.90 Å². The van der Waals surface area contributed by atoms with Crippen LogP contribution < -0.4 is 10.6 Å². The summed E-state index contributed by atoms with van der Waals surface area (Å²) in [7, 11) is 0. The molecule has 0 aliphatic heterocycles. The van der Waals surface area contributed by atoms with Crippen molar-refractivity contribution in [3.63, 3.8) is 0 Å². The van der Waals surface area contributed by atoms with Crippen LogP contribution in [-0.2, 0) is 4.79 Å². The van der Waals surface area contributed by atoms with Crippen LogP contribution >= 0.6 is 11.8 Å². The van der Waals surface area contributed by atoms with Crippen LogP contribution in [0, 0.1) is 29.1 Å². The van der Waals surface area contributed by atoms with Gasteiger partial charge in [0.1, 0.15) is 11.5 Å². The van der Waals surface area contributed by atoms with E-state index in [1.165, 1.54) is 12.1 Å². The van der Waals surface area contributed by atoms with Gasteiger partial charge in [-0.3, -0.25) is 9.59 Å². The SMILES string of the molecule is O=C(CSc1cccc(NC(=O)c2ccc(F)cc2)c1)Nc1c(F)c(F)cc(F)c1F. The summed E-state index contributed by atoms with van der Waals surface area (Å²) in [5.41, 5.74) is -0.572. The number of halogens is 5. The first kappa shape index (κ1) is 22.3. The Hall–Kier alpha value is -3.40. The highest BCUT2D eigenvalue weighted by Gasteiger charge is 2.21. The van der Waals surface area contributed by atoms with Crippen LogP contribution in [0.3, 0.4) is 0 Å². The van der Waals surface area contributed by atoms with Crippen LogP contribution in [0.15, 0.2) is 59.5 Å². The third-order valence-electron chi connectivity index (χ3n) is 3.94. The maximum absolute atomic E-state index is 13.6. The molecule has 0 unspecified atom stereocenters. The maximum Gasteiger partial charge on any atom is 0.255 e. The summed E-state index contributed by atoms with van der Waals surface area (Å²) in [6.45, 7) is 0. The molecule has 0 saturated carbocycles. The molecular weight excluding hydrogens is 439 g/mol. The predicted octanol–water partition coefficient (Wildman–Crippen LogP) is 5.37. The summed E-state index contributed by atoms with van der Waals surface area (Å²) >= 11 is 0.962. The molecule has 0 aliphatic carbocycles.